The third-order valence-electron chi connectivity index (χ3n) is 5.75. The van der Waals surface area contributed by atoms with Crippen molar-refractivity contribution < 1.29 is 14.4 Å². The minimum atomic E-state index is -0.931. The monoisotopic (exact) mass is 407 g/mol. The number of anilines is 2. The van der Waals surface area contributed by atoms with Gasteiger partial charge in [0.2, 0.25) is 5.91 Å². The third-order valence-corrected chi connectivity index (χ3v) is 5.75. The molecule has 1 aromatic carbocycles. The molecule has 0 saturated carbocycles. The number of benzene rings is 1. The van der Waals surface area contributed by atoms with Gasteiger partial charge in [-0.25, -0.2) is 4.98 Å². The molecule has 3 heterocycles. The van der Waals surface area contributed by atoms with Gasteiger partial charge in [-0.1, -0.05) is 19.1 Å². The van der Waals surface area contributed by atoms with Gasteiger partial charge in [-0.2, -0.15) is 0 Å². The van der Waals surface area contributed by atoms with Crippen molar-refractivity contribution in [2.75, 3.05) is 42.9 Å². The van der Waals surface area contributed by atoms with Gasteiger partial charge < -0.3 is 15.1 Å². The Bertz CT molecular complexity index is 932. The second kappa shape index (κ2) is 8.23. The molecule has 1 unspecified atom stereocenters. The summed E-state index contributed by atoms with van der Waals surface area (Å²) in [6.45, 7) is 8.62. The van der Waals surface area contributed by atoms with Crippen LogP contribution in [0.25, 0.3) is 0 Å². The van der Waals surface area contributed by atoms with Gasteiger partial charge in [0, 0.05) is 26.2 Å². The number of carbonyl (C=O) groups excluding carboxylic acids is 3. The van der Waals surface area contributed by atoms with Crippen LogP contribution in [0, 0.1) is 0 Å². The van der Waals surface area contributed by atoms with Crippen LogP contribution in [0.15, 0.2) is 42.6 Å². The summed E-state index contributed by atoms with van der Waals surface area (Å²) >= 11 is 0. The van der Waals surface area contributed by atoms with Crippen LogP contribution in [0.4, 0.5) is 11.5 Å². The van der Waals surface area contributed by atoms with E-state index in [4.69, 9.17) is 0 Å². The van der Waals surface area contributed by atoms with Crippen LogP contribution >= 0.6 is 0 Å². The molecule has 0 radical (unpaired) electrons. The number of hydrogen-bond donors (Lipinski definition) is 1. The molecular weight excluding hydrogens is 382 g/mol. The van der Waals surface area contributed by atoms with Crippen molar-refractivity contribution in [3.05, 3.63) is 53.7 Å². The van der Waals surface area contributed by atoms with Crippen LogP contribution in [-0.4, -0.2) is 71.3 Å². The molecular formula is C22H25N5O3. The number of carbonyl (C=O) groups is 3. The molecule has 3 amide bonds. The first-order valence-electron chi connectivity index (χ1n) is 10.2. The minimum absolute atomic E-state index is 0.330. The number of piperazine rings is 1. The SMILES string of the molecule is CCN1CCN(c2ccc(NC(=O)C(C)N3C(=O)c4ccccc4C3=O)cn2)CC1. The lowest BCUT2D eigenvalue weighted by atomic mass is 10.1. The summed E-state index contributed by atoms with van der Waals surface area (Å²) in [5.41, 5.74) is 1.19. The Balaban J connectivity index is 1.39. The van der Waals surface area contributed by atoms with Crippen molar-refractivity contribution in [1.82, 2.24) is 14.8 Å². The van der Waals surface area contributed by atoms with E-state index in [1.807, 2.05) is 6.07 Å². The Kier molecular flexibility index (Phi) is 5.50. The molecule has 2 aromatic rings. The first-order chi connectivity index (χ1) is 14.5. The summed E-state index contributed by atoms with van der Waals surface area (Å²) in [5, 5.41) is 2.76. The number of pyridine rings is 1. The Morgan fingerprint density at radius 2 is 1.67 bits per heavy atom. The van der Waals surface area contributed by atoms with Gasteiger partial charge in [-0.05, 0) is 37.7 Å². The smallest absolute Gasteiger partial charge is 0.262 e. The fourth-order valence-corrected chi connectivity index (χ4v) is 3.86. The molecule has 1 atom stereocenters. The Morgan fingerprint density at radius 3 is 2.20 bits per heavy atom. The lowest BCUT2D eigenvalue weighted by Crippen LogP contribution is -2.46. The quantitative estimate of drug-likeness (QED) is 0.762. The summed E-state index contributed by atoms with van der Waals surface area (Å²) in [5.74, 6) is -0.455. The molecule has 8 heteroatoms. The maximum Gasteiger partial charge on any atom is 0.262 e. The number of fused-ring (bicyclic) bond motifs is 1. The predicted octanol–water partition coefficient (Wildman–Crippen LogP) is 1.85. The summed E-state index contributed by atoms with van der Waals surface area (Å²) in [6, 6.07) is 9.35. The number of rotatable bonds is 5. The number of nitrogens with zero attached hydrogens (tertiary/aromatic N) is 4. The highest BCUT2D eigenvalue weighted by Crippen LogP contribution is 2.25. The molecule has 30 heavy (non-hydrogen) atoms. The van der Waals surface area contributed by atoms with Gasteiger partial charge in [0.15, 0.2) is 0 Å². The van der Waals surface area contributed by atoms with Gasteiger partial charge in [-0.3, -0.25) is 19.3 Å². The average Bonchev–Trinajstić information content (AvgIpc) is 3.04. The van der Waals surface area contributed by atoms with E-state index in [0.717, 1.165) is 43.4 Å². The van der Waals surface area contributed by atoms with E-state index < -0.39 is 23.8 Å². The fraction of sp³-hybridized carbons (Fsp3) is 0.364. The number of nitrogens with one attached hydrogen (secondary N) is 1. The first-order valence-corrected chi connectivity index (χ1v) is 10.2. The molecule has 8 nitrogen and oxygen atoms in total. The van der Waals surface area contributed by atoms with E-state index in [1.54, 1.807) is 43.5 Å². The maximum absolute atomic E-state index is 12.7. The molecule has 0 bridgehead atoms. The van der Waals surface area contributed by atoms with E-state index in [0.29, 0.717) is 16.8 Å². The van der Waals surface area contributed by atoms with E-state index in [-0.39, 0.29) is 0 Å². The number of aromatic nitrogens is 1. The highest BCUT2D eigenvalue weighted by molar-refractivity contribution is 6.23. The standard InChI is InChI=1S/C22H25N5O3/c1-3-25-10-12-26(13-11-25)19-9-8-16(14-23-19)24-20(28)15(2)27-21(29)17-6-4-5-7-18(17)22(27)30/h4-9,14-15H,3,10-13H2,1-2H3,(H,24,28). The van der Waals surface area contributed by atoms with Crippen molar-refractivity contribution in [2.24, 2.45) is 0 Å². The Morgan fingerprint density at radius 1 is 1.03 bits per heavy atom. The average molecular weight is 407 g/mol. The van der Waals surface area contributed by atoms with Crippen molar-refractivity contribution in [1.29, 1.82) is 0 Å². The highest BCUT2D eigenvalue weighted by Gasteiger charge is 2.40. The Hall–Kier alpha value is -3.26. The second-order valence-electron chi connectivity index (χ2n) is 7.52. The van der Waals surface area contributed by atoms with Crippen LogP contribution in [0.2, 0.25) is 0 Å². The topological polar surface area (TPSA) is 85.9 Å². The molecule has 156 valence electrons. The van der Waals surface area contributed by atoms with Crippen LogP contribution in [0.5, 0.6) is 0 Å². The first kappa shape index (κ1) is 20.0. The normalized spacial score (nSPS) is 17.8. The fourth-order valence-electron chi connectivity index (χ4n) is 3.86. The molecule has 4 rings (SSSR count). The van der Waals surface area contributed by atoms with Crippen LogP contribution in [-0.2, 0) is 4.79 Å². The summed E-state index contributed by atoms with van der Waals surface area (Å²) in [7, 11) is 0. The largest absolute Gasteiger partial charge is 0.354 e. The third kappa shape index (κ3) is 3.66. The molecule has 0 aliphatic carbocycles. The van der Waals surface area contributed by atoms with E-state index >= 15 is 0 Å². The Labute approximate surface area is 175 Å². The van der Waals surface area contributed by atoms with Gasteiger partial charge in [0.05, 0.1) is 23.0 Å². The maximum atomic E-state index is 12.7. The number of hydrogen-bond acceptors (Lipinski definition) is 6. The summed E-state index contributed by atoms with van der Waals surface area (Å²) in [6.07, 6.45) is 1.61. The zero-order valence-corrected chi connectivity index (χ0v) is 17.2. The van der Waals surface area contributed by atoms with Crippen molar-refractivity contribution >= 4 is 29.2 Å². The van der Waals surface area contributed by atoms with Gasteiger partial charge in [0.25, 0.3) is 11.8 Å². The van der Waals surface area contributed by atoms with E-state index in [1.165, 1.54) is 0 Å². The molecule has 1 aromatic heterocycles. The van der Waals surface area contributed by atoms with E-state index in [9.17, 15) is 14.4 Å². The van der Waals surface area contributed by atoms with Crippen LogP contribution < -0.4 is 10.2 Å². The summed E-state index contributed by atoms with van der Waals surface area (Å²) < 4.78 is 0. The molecule has 0 spiro atoms. The van der Waals surface area contributed by atoms with Gasteiger partial charge in [0.1, 0.15) is 11.9 Å². The van der Waals surface area contributed by atoms with Crippen LogP contribution in [0.3, 0.4) is 0 Å². The lowest BCUT2D eigenvalue weighted by molar-refractivity contribution is -0.119. The van der Waals surface area contributed by atoms with Gasteiger partial charge >= 0.3 is 0 Å². The second-order valence-corrected chi connectivity index (χ2v) is 7.52. The highest BCUT2D eigenvalue weighted by atomic mass is 16.2. The van der Waals surface area contributed by atoms with Crippen molar-refractivity contribution in [3.63, 3.8) is 0 Å². The molecule has 1 N–H and O–H groups in total. The zero-order valence-electron chi connectivity index (χ0n) is 17.2. The number of imide groups is 1. The number of amides is 3. The van der Waals surface area contributed by atoms with Crippen molar-refractivity contribution in [2.45, 2.75) is 19.9 Å². The molecule has 2 aliphatic rings. The predicted molar refractivity (Wildman–Crippen MR) is 114 cm³/mol. The molecule has 1 saturated heterocycles. The zero-order chi connectivity index (χ0) is 21.3. The minimum Gasteiger partial charge on any atom is -0.354 e. The molecule has 1 fully saturated rings. The lowest BCUT2D eigenvalue weighted by Gasteiger charge is -2.34. The summed E-state index contributed by atoms with van der Waals surface area (Å²) in [4.78, 5) is 47.9. The van der Waals surface area contributed by atoms with Crippen molar-refractivity contribution in [3.8, 4) is 0 Å². The molecule has 2 aliphatic heterocycles. The van der Waals surface area contributed by atoms with E-state index in [2.05, 4.69) is 27.0 Å². The van der Waals surface area contributed by atoms with Gasteiger partial charge in [-0.15, -0.1) is 0 Å². The number of likely N-dealkylation sites (N-methyl/N-ethyl adjacent to an activating group) is 1. The van der Waals surface area contributed by atoms with Crippen LogP contribution in [0.1, 0.15) is 34.6 Å².